The molecular weight excluding hydrogens is 246 g/mol. The van der Waals surface area contributed by atoms with E-state index in [2.05, 4.69) is 4.99 Å². The molecule has 4 heteroatoms. The van der Waals surface area contributed by atoms with Crippen LogP contribution in [0, 0.1) is 23.2 Å². The molecular formula is C14H19NO2S. The molecule has 4 saturated carbocycles. The van der Waals surface area contributed by atoms with Gasteiger partial charge in [0.25, 0.3) is 0 Å². The van der Waals surface area contributed by atoms with Crippen LogP contribution in [0.4, 0.5) is 0 Å². The van der Waals surface area contributed by atoms with Gasteiger partial charge in [-0.25, -0.2) is 4.79 Å². The third-order valence-electron chi connectivity index (χ3n) is 5.43. The Balaban J connectivity index is 1.64. The van der Waals surface area contributed by atoms with Crippen molar-refractivity contribution in [2.24, 2.45) is 28.2 Å². The Morgan fingerprint density at radius 1 is 1.17 bits per heavy atom. The molecule has 0 saturated heterocycles. The Bertz CT molecular complexity index is 396. The van der Waals surface area contributed by atoms with E-state index in [0.717, 1.165) is 17.8 Å². The number of nitrogens with zero attached hydrogens (tertiary/aromatic N) is 1. The number of thioether (sulfide) groups is 1. The molecule has 5 aliphatic rings. The van der Waals surface area contributed by atoms with Crippen molar-refractivity contribution in [3.05, 3.63) is 0 Å². The Morgan fingerprint density at radius 3 is 2.17 bits per heavy atom. The third kappa shape index (κ3) is 1.57. The van der Waals surface area contributed by atoms with Crippen molar-refractivity contribution in [2.45, 2.75) is 44.6 Å². The van der Waals surface area contributed by atoms with Crippen molar-refractivity contribution >= 4 is 22.8 Å². The van der Waals surface area contributed by atoms with Gasteiger partial charge in [-0.15, -0.1) is 11.8 Å². The van der Waals surface area contributed by atoms with Crippen LogP contribution in [0.15, 0.2) is 4.99 Å². The molecule has 1 unspecified atom stereocenters. The van der Waals surface area contributed by atoms with Gasteiger partial charge >= 0.3 is 5.97 Å². The monoisotopic (exact) mass is 265 g/mol. The molecule has 4 bridgehead atoms. The summed E-state index contributed by atoms with van der Waals surface area (Å²) in [5.41, 5.74) is 0.295. The van der Waals surface area contributed by atoms with Crippen molar-refractivity contribution in [1.29, 1.82) is 0 Å². The molecule has 0 radical (unpaired) electrons. The second-order valence-corrected chi connectivity index (χ2v) is 7.81. The lowest BCUT2D eigenvalue weighted by molar-refractivity contribution is -0.137. The second-order valence-electron chi connectivity index (χ2n) is 6.80. The average molecular weight is 265 g/mol. The molecule has 98 valence electrons. The Labute approximate surface area is 111 Å². The molecule has 5 rings (SSSR count). The highest BCUT2D eigenvalue weighted by Gasteiger charge is 2.54. The van der Waals surface area contributed by atoms with Crippen molar-refractivity contribution in [3.63, 3.8) is 0 Å². The number of carboxylic acid groups (broad SMARTS) is 1. The minimum Gasteiger partial charge on any atom is -0.480 e. The average Bonchev–Trinajstić information content (AvgIpc) is 2.76. The van der Waals surface area contributed by atoms with Gasteiger partial charge in [0, 0.05) is 11.2 Å². The largest absolute Gasteiger partial charge is 0.480 e. The van der Waals surface area contributed by atoms with Gasteiger partial charge in [-0.3, -0.25) is 4.99 Å². The Hall–Kier alpha value is -0.510. The number of hydrogen-bond acceptors (Lipinski definition) is 3. The normalized spacial score (nSPS) is 49.4. The first-order valence-electron chi connectivity index (χ1n) is 7.08. The molecule has 0 aromatic heterocycles. The molecule has 1 heterocycles. The van der Waals surface area contributed by atoms with Gasteiger partial charge in [0.15, 0.2) is 6.04 Å². The second kappa shape index (κ2) is 3.75. The van der Waals surface area contributed by atoms with Gasteiger partial charge < -0.3 is 5.11 Å². The van der Waals surface area contributed by atoms with Gasteiger partial charge in [-0.1, -0.05) is 0 Å². The molecule has 0 amide bonds. The lowest BCUT2D eigenvalue weighted by Gasteiger charge is -2.56. The van der Waals surface area contributed by atoms with E-state index in [-0.39, 0.29) is 0 Å². The van der Waals surface area contributed by atoms with Crippen LogP contribution >= 0.6 is 11.8 Å². The molecule has 1 aliphatic heterocycles. The van der Waals surface area contributed by atoms with Crippen LogP contribution in [0.1, 0.15) is 38.5 Å². The predicted molar refractivity (Wildman–Crippen MR) is 71.9 cm³/mol. The van der Waals surface area contributed by atoms with Crippen LogP contribution in [0.2, 0.25) is 0 Å². The Morgan fingerprint density at radius 2 is 1.72 bits per heavy atom. The van der Waals surface area contributed by atoms with E-state index in [4.69, 9.17) is 5.11 Å². The number of carboxylic acids is 1. The maximum atomic E-state index is 11.1. The number of hydrogen-bond donors (Lipinski definition) is 1. The minimum absolute atomic E-state index is 0.295. The summed E-state index contributed by atoms with van der Waals surface area (Å²) < 4.78 is 0. The first-order chi connectivity index (χ1) is 8.64. The lowest BCUT2D eigenvalue weighted by atomic mass is 9.50. The van der Waals surface area contributed by atoms with Crippen LogP contribution in [-0.2, 0) is 4.79 Å². The highest BCUT2D eigenvalue weighted by Crippen LogP contribution is 2.62. The van der Waals surface area contributed by atoms with E-state index in [0.29, 0.717) is 11.2 Å². The van der Waals surface area contributed by atoms with Crippen LogP contribution in [0.3, 0.4) is 0 Å². The molecule has 0 aromatic carbocycles. The van der Waals surface area contributed by atoms with Crippen molar-refractivity contribution in [1.82, 2.24) is 0 Å². The number of carbonyl (C=O) groups is 1. The topological polar surface area (TPSA) is 49.7 Å². The van der Waals surface area contributed by atoms with Crippen molar-refractivity contribution < 1.29 is 9.90 Å². The molecule has 0 spiro atoms. The zero-order valence-corrected chi connectivity index (χ0v) is 11.3. The maximum Gasteiger partial charge on any atom is 0.329 e. The van der Waals surface area contributed by atoms with E-state index in [1.54, 1.807) is 11.8 Å². The molecule has 3 nitrogen and oxygen atoms in total. The fraction of sp³-hybridized carbons (Fsp3) is 0.857. The Kier molecular flexibility index (Phi) is 2.36. The fourth-order valence-electron chi connectivity index (χ4n) is 5.16. The zero-order valence-electron chi connectivity index (χ0n) is 10.5. The molecule has 1 atom stereocenters. The SMILES string of the molecule is O=C(O)C1CSC(C23CC4CC(CC(C4)C2)C3)=N1. The van der Waals surface area contributed by atoms with Gasteiger partial charge in [0.1, 0.15) is 0 Å². The number of rotatable bonds is 2. The summed E-state index contributed by atoms with van der Waals surface area (Å²) in [4.78, 5) is 15.6. The summed E-state index contributed by atoms with van der Waals surface area (Å²) in [6, 6.07) is -0.474. The summed E-state index contributed by atoms with van der Waals surface area (Å²) >= 11 is 1.74. The zero-order chi connectivity index (χ0) is 12.3. The highest BCUT2D eigenvalue weighted by atomic mass is 32.2. The third-order valence-corrected chi connectivity index (χ3v) is 6.72. The van der Waals surface area contributed by atoms with Crippen LogP contribution in [-0.4, -0.2) is 27.9 Å². The summed E-state index contributed by atoms with van der Waals surface area (Å²) in [7, 11) is 0. The van der Waals surface area contributed by atoms with Crippen LogP contribution in [0.25, 0.3) is 0 Å². The van der Waals surface area contributed by atoms with Gasteiger partial charge in [-0.2, -0.15) is 0 Å². The van der Waals surface area contributed by atoms with E-state index >= 15 is 0 Å². The minimum atomic E-state index is -0.748. The standard InChI is InChI=1S/C14H19NO2S/c16-12(17)11-7-18-13(15-11)14-4-8-1-9(5-14)3-10(2-8)6-14/h8-11H,1-7H2,(H,16,17). The molecule has 0 aromatic rings. The van der Waals surface area contributed by atoms with Gasteiger partial charge in [-0.05, 0) is 56.3 Å². The van der Waals surface area contributed by atoms with E-state index in [1.807, 2.05) is 0 Å². The lowest BCUT2D eigenvalue weighted by Crippen LogP contribution is -2.49. The quantitative estimate of drug-likeness (QED) is 0.835. The smallest absolute Gasteiger partial charge is 0.329 e. The summed E-state index contributed by atoms with van der Waals surface area (Å²) in [5.74, 6) is 2.63. The van der Waals surface area contributed by atoms with E-state index in [1.165, 1.54) is 43.6 Å². The van der Waals surface area contributed by atoms with E-state index in [9.17, 15) is 4.79 Å². The first kappa shape index (κ1) is 11.3. The van der Waals surface area contributed by atoms with Crippen LogP contribution < -0.4 is 0 Å². The van der Waals surface area contributed by atoms with Gasteiger partial charge in [0.2, 0.25) is 0 Å². The van der Waals surface area contributed by atoms with E-state index < -0.39 is 12.0 Å². The maximum absolute atomic E-state index is 11.1. The van der Waals surface area contributed by atoms with Crippen LogP contribution in [0.5, 0.6) is 0 Å². The summed E-state index contributed by atoms with van der Waals surface area (Å²) in [6.45, 7) is 0. The predicted octanol–water partition coefficient (Wildman–Crippen LogP) is 2.80. The number of aliphatic imine (C=N–C) groups is 1. The summed E-state index contributed by atoms with van der Waals surface area (Å²) in [6.07, 6.45) is 8.16. The molecule has 4 fully saturated rings. The molecule has 4 aliphatic carbocycles. The van der Waals surface area contributed by atoms with Gasteiger partial charge in [0.05, 0.1) is 5.04 Å². The highest BCUT2D eigenvalue weighted by molar-refractivity contribution is 8.14. The van der Waals surface area contributed by atoms with Crippen molar-refractivity contribution in [2.75, 3.05) is 5.75 Å². The molecule has 1 N–H and O–H groups in total. The van der Waals surface area contributed by atoms with Crippen molar-refractivity contribution in [3.8, 4) is 0 Å². The molecule has 18 heavy (non-hydrogen) atoms. The fourth-order valence-corrected chi connectivity index (χ4v) is 6.45. The summed E-state index contributed by atoms with van der Waals surface area (Å²) in [5, 5.41) is 10.3. The first-order valence-corrected chi connectivity index (χ1v) is 8.07. The number of aliphatic carboxylic acids is 1.